The zero-order valence-corrected chi connectivity index (χ0v) is 14.3. The molecule has 2 aliphatic carbocycles. The lowest BCUT2D eigenvalue weighted by Crippen LogP contribution is -2.42. The molecular formula is C17H31ClN2O. The summed E-state index contributed by atoms with van der Waals surface area (Å²) in [6.07, 6.45) is 8.70. The van der Waals surface area contributed by atoms with Crippen molar-refractivity contribution in [3.05, 3.63) is 0 Å². The third-order valence-electron chi connectivity index (χ3n) is 5.69. The molecule has 3 fully saturated rings. The van der Waals surface area contributed by atoms with Gasteiger partial charge in [0.1, 0.15) is 0 Å². The Morgan fingerprint density at radius 1 is 1.14 bits per heavy atom. The summed E-state index contributed by atoms with van der Waals surface area (Å²) in [6.45, 7) is 4.53. The highest BCUT2D eigenvalue weighted by atomic mass is 35.5. The minimum absolute atomic E-state index is 0. The first-order chi connectivity index (χ1) is 9.66. The summed E-state index contributed by atoms with van der Waals surface area (Å²) in [4.78, 5) is 14.7. The number of halogens is 1. The molecule has 3 aliphatic rings. The molecule has 4 heteroatoms. The second-order valence-corrected chi connectivity index (χ2v) is 7.46. The molecule has 0 bridgehead atoms. The minimum atomic E-state index is 0. The van der Waals surface area contributed by atoms with Gasteiger partial charge in [-0.15, -0.1) is 12.4 Å². The van der Waals surface area contributed by atoms with Crippen molar-refractivity contribution in [1.29, 1.82) is 0 Å². The number of nitrogens with zero attached hydrogens (tertiary/aromatic N) is 1. The van der Waals surface area contributed by atoms with E-state index in [2.05, 4.69) is 24.2 Å². The lowest BCUT2D eigenvalue weighted by Gasteiger charge is -2.32. The van der Waals surface area contributed by atoms with Gasteiger partial charge in [0.25, 0.3) is 0 Å². The van der Waals surface area contributed by atoms with Gasteiger partial charge in [0, 0.05) is 19.5 Å². The first-order valence-corrected chi connectivity index (χ1v) is 8.63. The summed E-state index contributed by atoms with van der Waals surface area (Å²) in [5, 5.41) is 3.47. The molecule has 1 heterocycles. The highest BCUT2D eigenvalue weighted by molar-refractivity contribution is 5.85. The van der Waals surface area contributed by atoms with Crippen molar-refractivity contribution in [2.24, 2.45) is 23.7 Å². The third-order valence-corrected chi connectivity index (χ3v) is 5.69. The molecule has 1 amide bonds. The van der Waals surface area contributed by atoms with E-state index in [-0.39, 0.29) is 12.4 Å². The van der Waals surface area contributed by atoms with Gasteiger partial charge in [-0.3, -0.25) is 4.79 Å². The highest BCUT2D eigenvalue weighted by Crippen LogP contribution is 2.47. The molecule has 1 N–H and O–H groups in total. The fourth-order valence-corrected chi connectivity index (χ4v) is 4.01. The van der Waals surface area contributed by atoms with Crippen molar-refractivity contribution in [2.45, 2.75) is 57.9 Å². The van der Waals surface area contributed by atoms with Gasteiger partial charge in [-0.05, 0) is 75.3 Å². The standard InChI is InChI=1S/C17H30N2O.ClH/c1-12(15-4-3-9-18-11-15)10-16(20)19(2)17(13-5-6-13)14-7-8-14;/h12-15,17-18H,3-11H2,1-2H3;1H. The van der Waals surface area contributed by atoms with Gasteiger partial charge in [0.05, 0.1) is 0 Å². The number of nitrogens with one attached hydrogen (secondary N) is 1. The molecule has 21 heavy (non-hydrogen) atoms. The molecule has 0 aromatic rings. The molecule has 2 atom stereocenters. The zero-order valence-electron chi connectivity index (χ0n) is 13.5. The van der Waals surface area contributed by atoms with E-state index in [1.54, 1.807) is 0 Å². The molecule has 0 aromatic heterocycles. The molecule has 3 rings (SSSR count). The zero-order chi connectivity index (χ0) is 14.1. The normalized spacial score (nSPS) is 27.1. The second-order valence-electron chi connectivity index (χ2n) is 7.46. The van der Waals surface area contributed by atoms with E-state index in [4.69, 9.17) is 0 Å². The van der Waals surface area contributed by atoms with E-state index < -0.39 is 0 Å². The van der Waals surface area contributed by atoms with E-state index in [0.29, 0.717) is 23.8 Å². The quantitative estimate of drug-likeness (QED) is 0.817. The molecule has 1 aliphatic heterocycles. The summed E-state index contributed by atoms with van der Waals surface area (Å²) in [6, 6.07) is 0.569. The van der Waals surface area contributed by atoms with Crippen LogP contribution in [0.1, 0.15) is 51.9 Å². The average molecular weight is 315 g/mol. The van der Waals surface area contributed by atoms with Crippen molar-refractivity contribution >= 4 is 18.3 Å². The number of piperidine rings is 1. The van der Waals surface area contributed by atoms with Crippen LogP contribution in [-0.2, 0) is 4.79 Å². The Kier molecular flexibility index (Phi) is 5.96. The van der Waals surface area contributed by atoms with E-state index in [1.165, 1.54) is 38.5 Å². The largest absolute Gasteiger partial charge is 0.342 e. The third kappa shape index (κ3) is 4.35. The maximum Gasteiger partial charge on any atom is 0.222 e. The summed E-state index contributed by atoms with van der Waals surface area (Å²) < 4.78 is 0. The van der Waals surface area contributed by atoms with Crippen LogP contribution in [0.3, 0.4) is 0 Å². The molecule has 0 spiro atoms. The predicted octanol–water partition coefficient (Wildman–Crippen LogP) is 3.08. The first-order valence-electron chi connectivity index (χ1n) is 8.63. The Morgan fingerprint density at radius 2 is 1.76 bits per heavy atom. The molecule has 1 saturated heterocycles. The van der Waals surface area contributed by atoms with Gasteiger partial charge >= 0.3 is 0 Å². The van der Waals surface area contributed by atoms with Gasteiger partial charge in [-0.1, -0.05) is 6.92 Å². The monoisotopic (exact) mass is 314 g/mol. The van der Waals surface area contributed by atoms with E-state index in [9.17, 15) is 4.79 Å². The van der Waals surface area contributed by atoms with Crippen LogP contribution in [0, 0.1) is 23.7 Å². The number of carbonyl (C=O) groups excluding carboxylic acids is 1. The van der Waals surface area contributed by atoms with Crippen LogP contribution in [0.5, 0.6) is 0 Å². The fourth-order valence-electron chi connectivity index (χ4n) is 4.01. The molecular weight excluding hydrogens is 284 g/mol. The molecule has 3 nitrogen and oxygen atoms in total. The van der Waals surface area contributed by atoms with Crippen LogP contribution in [0.15, 0.2) is 0 Å². The van der Waals surface area contributed by atoms with Crippen molar-refractivity contribution in [2.75, 3.05) is 20.1 Å². The van der Waals surface area contributed by atoms with Crippen LogP contribution in [-0.4, -0.2) is 37.0 Å². The number of hydrogen-bond donors (Lipinski definition) is 1. The summed E-state index contributed by atoms with van der Waals surface area (Å²) >= 11 is 0. The van der Waals surface area contributed by atoms with Gasteiger partial charge in [-0.2, -0.15) is 0 Å². The maximum atomic E-state index is 12.6. The Hall–Kier alpha value is -0.280. The number of rotatable bonds is 6. The molecule has 2 unspecified atom stereocenters. The molecule has 0 radical (unpaired) electrons. The Morgan fingerprint density at radius 3 is 2.24 bits per heavy atom. The van der Waals surface area contributed by atoms with Crippen LogP contribution in [0.25, 0.3) is 0 Å². The minimum Gasteiger partial charge on any atom is -0.342 e. The van der Waals surface area contributed by atoms with Crippen molar-refractivity contribution < 1.29 is 4.79 Å². The number of amides is 1. The highest BCUT2D eigenvalue weighted by Gasteiger charge is 2.45. The predicted molar refractivity (Wildman–Crippen MR) is 88.6 cm³/mol. The van der Waals surface area contributed by atoms with Crippen molar-refractivity contribution in [1.82, 2.24) is 10.2 Å². The van der Waals surface area contributed by atoms with Gasteiger partial charge in [0.2, 0.25) is 5.91 Å². The van der Waals surface area contributed by atoms with E-state index in [1.807, 2.05) is 0 Å². The van der Waals surface area contributed by atoms with E-state index >= 15 is 0 Å². The van der Waals surface area contributed by atoms with Crippen LogP contribution in [0.2, 0.25) is 0 Å². The molecule has 0 aromatic carbocycles. The summed E-state index contributed by atoms with van der Waals surface area (Å²) in [5.74, 6) is 3.26. The second kappa shape index (κ2) is 7.32. The van der Waals surface area contributed by atoms with Crippen LogP contribution >= 0.6 is 12.4 Å². The van der Waals surface area contributed by atoms with Crippen molar-refractivity contribution in [3.8, 4) is 0 Å². The topological polar surface area (TPSA) is 32.3 Å². The Labute approximate surface area is 135 Å². The average Bonchev–Trinajstić information content (AvgIpc) is 3.34. The summed E-state index contributed by atoms with van der Waals surface area (Å²) in [5.41, 5.74) is 0. The Balaban J connectivity index is 0.00000161. The SMILES string of the molecule is CC(CC(=O)N(C)C(C1CC1)C1CC1)C1CCCNC1.Cl. The van der Waals surface area contributed by atoms with Crippen molar-refractivity contribution in [3.63, 3.8) is 0 Å². The van der Waals surface area contributed by atoms with Gasteiger partial charge in [0.15, 0.2) is 0 Å². The van der Waals surface area contributed by atoms with Crippen LogP contribution in [0.4, 0.5) is 0 Å². The van der Waals surface area contributed by atoms with Crippen LogP contribution < -0.4 is 5.32 Å². The maximum absolute atomic E-state index is 12.6. The fraction of sp³-hybridized carbons (Fsp3) is 0.941. The van der Waals surface area contributed by atoms with E-state index in [0.717, 1.165) is 31.3 Å². The number of carbonyl (C=O) groups is 1. The lowest BCUT2D eigenvalue weighted by molar-refractivity contribution is -0.134. The number of hydrogen-bond acceptors (Lipinski definition) is 2. The Bertz CT molecular complexity index is 337. The smallest absolute Gasteiger partial charge is 0.222 e. The lowest BCUT2D eigenvalue weighted by atomic mass is 9.85. The van der Waals surface area contributed by atoms with Gasteiger partial charge < -0.3 is 10.2 Å². The molecule has 122 valence electrons. The first kappa shape index (κ1) is 17.1. The summed E-state index contributed by atoms with van der Waals surface area (Å²) in [7, 11) is 2.06. The molecule has 2 saturated carbocycles. The van der Waals surface area contributed by atoms with Gasteiger partial charge in [-0.25, -0.2) is 0 Å².